The van der Waals surface area contributed by atoms with Crippen LogP contribution in [0.3, 0.4) is 0 Å². The molecule has 7 heteroatoms. The first kappa shape index (κ1) is 14.1. The van der Waals surface area contributed by atoms with Crippen LogP contribution < -0.4 is 5.32 Å². The van der Waals surface area contributed by atoms with Gasteiger partial charge in [-0.2, -0.15) is 0 Å². The van der Waals surface area contributed by atoms with Gasteiger partial charge < -0.3 is 18.8 Å². The van der Waals surface area contributed by atoms with Gasteiger partial charge in [0.2, 0.25) is 11.7 Å². The Morgan fingerprint density at radius 2 is 2.09 bits per heavy atom. The molecule has 0 aliphatic carbocycles. The highest BCUT2D eigenvalue weighted by molar-refractivity contribution is 5.78. The molecule has 7 nitrogen and oxygen atoms in total. The normalized spacial score (nSPS) is 10.8. The van der Waals surface area contributed by atoms with E-state index in [2.05, 4.69) is 15.6 Å². The number of aromatic nitrogens is 2. The van der Waals surface area contributed by atoms with E-state index >= 15 is 0 Å². The molecular weight excluding hydrogens is 286 g/mol. The number of carbonyl (C=O) groups is 1. The lowest BCUT2D eigenvalue weighted by atomic mass is 10.1. The number of aryl methyl sites for hydroxylation is 2. The molecule has 0 saturated carbocycles. The van der Waals surface area contributed by atoms with Gasteiger partial charge in [-0.05, 0) is 26.0 Å². The SMILES string of the molecule is Cc1noc(C)c1CC(=O)NCc1cc(-c2ccco2)on1. The molecule has 3 rings (SSSR count). The van der Waals surface area contributed by atoms with Crippen LogP contribution in [-0.2, 0) is 17.8 Å². The van der Waals surface area contributed by atoms with Crippen LogP contribution in [0.2, 0.25) is 0 Å². The van der Waals surface area contributed by atoms with Crippen LogP contribution >= 0.6 is 0 Å². The first-order chi connectivity index (χ1) is 10.6. The van der Waals surface area contributed by atoms with E-state index < -0.39 is 0 Å². The van der Waals surface area contributed by atoms with Crippen LogP contribution in [0.25, 0.3) is 11.5 Å². The summed E-state index contributed by atoms with van der Waals surface area (Å²) in [7, 11) is 0. The number of nitrogens with zero attached hydrogens (tertiary/aromatic N) is 2. The number of carbonyl (C=O) groups excluding carboxylic acids is 1. The maximum atomic E-state index is 12.0. The summed E-state index contributed by atoms with van der Waals surface area (Å²) >= 11 is 0. The summed E-state index contributed by atoms with van der Waals surface area (Å²) in [6.45, 7) is 3.88. The van der Waals surface area contributed by atoms with Crippen molar-refractivity contribution >= 4 is 5.91 Å². The number of amides is 1. The van der Waals surface area contributed by atoms with Gasteiger partial charge in [-0.15, -0.1) is 0 Å². The minimum Gasteiger partial charge on any atom is -0.461 e. The third-order valence-electron chi connectivity index (χ3n) is 3.31. The van der Waals surface area contributed by atoms with Gasteiger partial charge in [0.15, 0.2) is 5.76 Å². The van der Waals surface area contributed by atoms with Crippen molar-refractivity contribution in [2.45, 2.75) is 26.8 Å². The number of rotatable bonds is 5. The van der Waals surface area contributed by atoms with Gasteiger partial charge in [-0.1, -0.05) is 10.3 Å². The zero-order valence-corrected chi connectivity index (χ0v) is 12.3. The fourth-order valence-electron chi connectivity index (χ4n) is 2.10. The smallest absolute Gasteiger partial charge is 0.224 e. The van der Waals surface area contributed by atoms with E-state index in [9.17, 15) is 4.79 Å². The topological polar surface area (TPSA) is 94.3 Å². The monoisotopic (exact) mass is 301 g/mol. The Bertz CT molecular complexity index is 751. The van der Waals surface area contributed by atoms with Gasteiger partial charge in [-0.3, -0.25) is 4.79 Å². The molecular formula is C15H15N3O4. The Morgan fingerprint density at radius 1 is 1.23 bits per heavy atom. The van der Waals surface area contributed by atoms with E-state index in [0.29, 0.717) is 23.0 Å². The molecule has 22 heavy (non-hydrogen) atoms. The van der Waals surface area contributed by atoms with E-state index in [4.69, 9.17) is 13.5 Å². The van der Waals surface area contributed by atoms with Crippen LogP contribution in [0.5, 0.6) is 0 Å². The van der Waals surface area contributed by atoms with Gasteiger partial charge in [0.25, 0.3) is 0 Å². The lowest BCUT2D eigenvalue weighted by Gasteiger charge is -2.02. The molecule has 114 valence electrons. The number of furan rings is 1. The lowest BCUT2D eigenvalue weighted by Crippen LogP contribution is -2.25. The predicted octanol–water partition coefficient (Wildman–Crippen LogP) is 2.40. The Morgan fingerprint density at radius 3 is 2.77 bits per heavy atom. The van der Waals surface area contributed by atoms with Gasteiger partial charge in [0, 0.05) is 11.6 Å². The fourth-order valence-corrected chi connectivity index (χ4v) is 2.10. The molecule has 3 aromatic rings. The quantitative estimate of drug-likeness (QED) is 0.777. The summed E-state index contributed by atoms with van der Waals surface area (Å²) < 4.78 is 15.4. The molecule has 3 heterocycles. The minimum absolute atomic E-state index is 0.128. The van der Waals surface area contributed by atoms with Gasteiger partial charge in [0.1, 0.15) is 11.5 Å². The third-order valence-corrected chi connectivity index (χ3v) is 3.31. The second-order valence-electron chi connectivity index (χ2n) is 4.92. The molecule has 0 spiro atoms. The first-order valence-corrected chi connectivity index (χ1v) is 6.81. The summed E-state index contributed by atoms with van der Waals surface area (Å²) in [6.07, 6.45) is 1.78. The highest BCUT2D eigenvalue weighted by atomic mass is 16.5. The summed E-state index contributed by atoms with van der Waals surface area (Å²) in [5, 5.41) is 10.5. The van der Waals surface area contributed by atoms with Crippen LogP contribution in [0.15, 0.2) is 37.9 Å². The molecule has 0 saturated heterocycles. The van der Waals surface area contributed by atoms with Gasteiger partial charge >= 0.3 is 0 Å². The van der Waals surface area contributed by atoms with Gasteiger partial charge in [-0.25, -0.2) is 0 Å². The second-order valence-corrected chi connectivity index (χ2v) is 4.92. The van der Waals surface area contributed by atoms with E-state index in [-0.39, 0.29) is 18.9 Å². The third kappa shape index (κ3) is 2.93. The number of hydrogen-bond acceptors (Lipinski definition) is 6. The van der Waals surface area contributed by atoms with E-state index in [1.54, 1.807) is 31.4 Å². The maximum Gasteiger partial charge on any atom is 0.224 e. The largest absolute Gasteiger partial charge is 0.461 e. The molecule has 0 atom stereocenters. The molecule has 0 aromatic carbocycles. The van der Waals surface area contributed by atoms with Crippen LogP contribution in [0.4, 0.5) is 0 Å². The van der Waals surface area contributed by atoms with Crippen LogP contribution in [0, 0.1) is 13.8 Å². The maximum absolute atomic E-state index is 12.0. The molecule has 3 aromatic heterocycles. The van der Waals surface area contributed by atoms with Crippen molar-refractivity contribution in [2.24, 2.45) is 0 Å². The Hall–Kier alpha value is -2.83. The Kier molecular flexibility index (Phi) is 3.78. The highest BCUT2D eigenvalue weighted by Gasteiger charge is 2.14. The summed E-state index contributed by atoms with van der Waals surface area (Å²) in [4.78, 5) is 12.0. The molecule has 1 N–H and O–H groups in total. The first-order valence-electron chi connectivity index (χ1n) is 6.81. The molecule has 0 fully saturated rings. The molecule has 0 aliphatic rings. The molecule has 0 unspecified atom stereocenters. The molecule has 1 amide bonds. The fraction of sp³-hybridized carbons (Fsp3) is 0.267. The van der Waals surface area contributed by atoms with Crippen molar-refractivity contribution in [3.63, 3.8) is 0 Å². The number of nitrogens with one attached hydrogen (secondary N) is 1. The van der Waals surface area contributed by atoms with Gasteiger partial charge in [0.05, 0.1) is 24.9 Å². The Labute approximate surface area is 126 Å². The van der Waals surface area contributed by atoms with Crippen molar-refractivity contribution < 1.29 is 18.3 Å². The van der Waals surface area contributed by atoms with Crippen LogP contribution in [-0.4, -0.2) is 16.2 Å². The average molecular weight is 301 g/mol. The van der Waals surface area contributed by atoms with Crippen molar-refractivity contribution in [1.82, 2.24) is 15.6 Å². The minimum atomic E-state index is -0.128. The summed E-state index contributed by atoms with van der Waals surface area (Å²) in [5.41, 5.74) is 2.17. The van der Waals surface area contributed by atoms with Crippen molar-refractivity contribution in [1.29, 1.82) is 0 Å². The van der Waals surface area contributed by atoms with Crippen molar-refractivity contribution in [2.75, 3.05) is 0 Å². The predicted molar refractivity (Wildman–Crippen MR) is 75.7 cm³/mol. The van der Waals surface area contributed by atoms with E-state index in [1.165, 1.54) is 0 Å². The average Bonchev–Trinajstić information content (AvgIpc) is 3.22. The van der Waals surface area contributed by atoms with E-state index in [1.807, 2.05) is 6.92 Å². The highest BCUT2D eigenvalue weighted by Crippen LogP contribution is 2.20. The van der Waals surface area contributed by atoms with E-state index in [0.717, 1.165) is 11.3 Å². The standard InChI is InChI=1S/C15H15N3O4/c1-9-12(10(2)21-17-9)7-15(19)16-8-11-6-14(22-18-11)13-4-3-5-20-13/h3-6H,7-8H2,1-2H3,(H,16,19). The summed E-state index contributed by atoms with van der Waals surface area (Å²) in [5.74, 6) is 1.66. The zero-order valence-electron chi connectivity index (χ0n) is 12.3. The Balaban J connectivity index is 1.57. The zero-order chi connectivity index (χ0) is 15.5. The molecule has 0 bridgehead atoms. The lowest BCUT2D eigenvalue weighted by molar-refractivity contribution is -0.120. The summed E-state index contributed by atoms with van der Waals surface area (Å²) in [6, 6.07) is 5.28. The van der Waals surface area contributed by atoms with Crippen molar-refractivity contribution in [3.05, 3.63) is 47.2 Å². The number of hydrogen-bond donors (Lipinski definition) is 1. The second kappa shape index (κ2) is 5.88. The van der Waals surface area contributed by atoms with Crippen LogP contribution in [0.1, 0.15) is 22.7 Å². The molecule has 0 aliphatic heterocycles. The van der Waals surface area contributed by atoms with Crippen molar-refractivity contribution in [3.8, 4) is 11.5 Å². The molecule has 0 radical (unpaired) electrons.